The fourth-order valence-electron chi connectivity index (χ4n) is 0.817. The highest BCUT2D eigenvalue weighted by Crippen LogP contribution is 2.03. The van der Waals surface area contributed by atoms with Crippen molar-refractivity contribution >= 4 is 5.97 Å². The highest BCUT2D eigenvalue weighted by molar-refractivity contribution is 5.66. The summed E-state index contributed by atoms with van der Waals surface area (Å²) in [5.41, 5.74) is 0.178. The Hall–Kier alpha value is -1.31. The van der Waals surface area contributed by atoms with Crippen LogP contribution in [0.3, 0.4) is 0 Å². The molecule has 0 aliphatic heterocycles. The number of benzene rings is 1. The van der Waals surface area contributed by atoms with Crippen LogP contribution in [0.15, 0.2) is 30.2 Å². The average Bonchev–Trinajstić information content (AvgIpc) is 2.28. The highest BCUT2D eigenvalue weighted by Gasteiger charge is 1.96. The van der Waals surface area contributed by atoms with Gasteiger partial charge in [-0.1, -0.05) is 30.2 Å². The van der Waals surface area contributed by atoms with Crippen LogP contribution < -0.4 is 0 Å². The molecular formula is C10H12O2. The van der Waals surface area contributed by atoms with Gasteiger partial charge in [-0.25, -0.2) is 0 Å². The van der Waals surface area contributed by atoms with E-state index in [1.807, 2.05) is 0 Å². The maximum atomic E-state index is 10.3. The number of carboxylic acids is 1. The zero-order valence-corrected chi connectivity index (χ0v) is 6.48. The van der Waals surface area contributed by atoms with Gasteiger partial charge >= 0.3 is 5.97 Å². The van der Waals surface area contributed by atoms with Crippen LogP contribution in [-0.2, 0) is 11.2 Å². The second-order valence-corrected chi connectivity index (χ2v) is 2.35. The molecule has 0 heterocycles. The van der Waals surface area contributed by atoms with Crippen LogP contribution in [0.4, 0.5) is 0 Å². The zero-order chi connectivity index (χ0) is 13.2. The molecule has 0 saturated carbocycles. The minimum Gasteiger partial charge on any atom is -0.481 e. The topological polar surface area (TPSA) is 37.3 Å². The van der Waals surface area contributed by atoms with Gasteiger partial charge in [0.1, 0.15) is 0 Å². The van der Waals surface area contributed by atoms with Gasteiger partial charge < -0.3 is 5.11 Å². The largest absolute Gasteiger partial charge is 0.481 e. The number of carbonyl (C=O) groups is 1. The monoisotopic (exact) mass is 169 g/mol. The van der Waals surface area contributed by atoms with Gasteiger partial charge in [0.05, 0.1) is 6.85 Å². The lowest BCUT2D eigenvalue weighted by molar-refractivity contribution is -0.137. The van der Waals surface area contributed by atoms with Crippen LogP contribution in [0, 0.1) is 0 Å². The maximum Gasteiger partial charge on any atom is 0.303 e. The van der Waals surface area contributed by atoms with Gasteiger partial charge in [-0.2, -0.15) is 0 Å². The Labute approximate surface area is 78.9 Å². The average molecular weight is 169 g/mol. The molecular weight excluding hydrogens is 152 g/mol. The highest BCUT2D eigenvalue weighted by atomic mass is 16.4. The predicted molar refractivity (Wildman–Crippen MR) is 47.0 cm³/mol. The number of rotatable bonds is 4. The van der Waals surface area contributed by atoms with E-state index in [0.717, 1.165) is 0 Å². The van der Waals surface area contributed by atoms with E-state index in [-0.39, 0.29) is 49.0 Å². The summed E-state index contributed by atoms with van der Waals surface area (Å²) >= 11 is 0. The van der Waals surface area contributed by atoms with E-state index < -0.39 is 12.0 Å². The molecule has 1 rings (SSSR count). The van der Waals surface area contributed by atoms with Crippen molar-refractivity contribution in [1.29, 1.82) is 0 Å². The molecule has 0 radical (unpaired) electrons. The van der Waals surface area contributed by atoms with Gasteiger partial charge in [0.2, 0.25) is 0 Å². The minimum atomic E-state index is -0.961. The second-order valence-electron chi connectivity index (χ2n) is 2.35. The molecule has 1 aromatic carbocycles. The Balaban J connectivity index is 3.03. The first-order valence-corrected chi connectivity index (χ1v) is 3.63. The molecule has 0 bridgehead atoms. The minimum absolute atomic E-state index is 0.0812. The molecule has 0 aliphatic carbocycles. The smallest absolute Gasteiger partial charge is 0.303 e. The van der Waals surface area contributed by atoms with E-state index in [1.165, 1.54) is 0 Å². The van der Waals surface area contributed by atoms with Gasteiger partial charge in [-0.05, 0) is 18.4 Å². The van der Waals surface area contributed by atoms with Crippen LogP contribution in [-0.4, -0.2) is 11.1 Å². The third kappa shape index (κ3) is 3.19. The lowest BCUT2D eigenvalue weighted by atomic mass is 10.1. The lowest BCUT2D eigenvalue weighted by Crippen LogP contribution is -1.95. The molecule has 0 fully saturated rings. The molecule has 2 nitrogen and oxygen atoms in total. The summed E-state index contributed by atoms with van der Waals surface area (Å²) in [4.78, 5) is 10.3. The Morgan fingerprint density at radius 1 is 1.42 bits per heavy atom. The van der Waals surface area contributed by atoms with Crippen molar-refractivity contribution in [3.05, 3.63) is 35.8 Å². The van der Waals surface area contributed by atoms with Crippen LogP contribution in [0.1, 0.15) is 25.3 Å². The van der Waals surface area contributed by atoms with Crippen molar-refractivity contribution in [3.8, 4) is 0 Å². The van der Waals surface area contributed by atoms with E-state index >= 15 is 0 Å². The first-order valence-electron chi connectivity index (χ1n) is 6.13. The van der Waals surface area contributed by atoms with Crippen molar-refractivity contribution in [3.63, 3.8) is 0 Å². The van der Waals surface area contributed by atoms with Crippen LogP contribution in [0.2, 0.25) is 0 Å². The standard InChI is InChI=1S/C10H12O2/c11-10(12)8-4-7-9-5-2-1-3-6-9/h1-3,5-6H,4,7-8H2,(H,11,12)/i1D,2D,3D,5D,6D. The number of hydrogen-bond acceptors (Lipinski definition) is 1. The van der Waals surface area contributed by atoms with Crippen molar-refractivity contribution in [2.75, 3.05) is 0 Å². The molecule has 12 heavy (non-hydrogen) atoms. The molecule has 64 valence electrons. The first kappa shape index (κ1) is 4.08. The molecule has 0 aromatic heterocycles. The first-order chi connectivity index (χ1) is 7.86. The molecule has 2 heteroatoms. The van der Waals surface area contributed by atoms with Gasteiger partial charge in [0.15, 0.2) is 0 Å². The van der Waals surface area contributed by atoms with Gasteiger partial charge in [0.25, 0.3) is 0 Å². The Kier molecular flexibility index (Phi) is 1.54. The molecule has 0 aliphatic rings. The summed E-state index contributed by atoms with van der Waals surface area (Å²) in [5.74, 6) is -0.961. The Morgan fingerprint density at radius 3 is 2.67 bits per heavy atom. The molecule has 0 saturated heterocycles. The molecule has 0 spiro atoms. The van der Waals surface area contributed by atoms with Gasteiger partial charge in [-0.15, -0.1) is 0 Å². The van der Waals surface area contributed by atoms with Crippen LogP contribution in [0.5, 0.6) is 0 Å². The third-order valence-electron chi connectivity index (χ3n) is 1.37. The third-order valence-corrected chi connectivity index (χ3v) is 1.37. The fourth-order valence-corrected chi connectivity index (χ4v) is 0.817. The van der Waals surface area contributed by atoms with E-state index in [2.05, 4.69) is 0 Å². The van der Waals surface area contributed by atoms with Crippen LogP contribution >= 0.6 is 0 Å². The molecule has 1 N–H and O–H groups in total. The van der Waals surface area contributed by atoms with Gasteiger partial charge in [-0.3, -0.25) is 4.79 Å². The Morgan fingerprint density at radius 2 is 2.08 bits per heavy atom. The molecule has 0 unspecified atom stereocenters. The van der Waals surface area contributed by atoms with Crippen molar-refractivity contribution in [2.24, 2.45) is 0 Å². The van der Waals surface area contributed by atoms with E-state index in [0.29, 0.717) is 0 Å². The van der Waals surface area contributed by atoms with Crippen LogP contribution in [0.25, 0.3) is 0 Å². The normalized spacial score (nSPS) is 15.5. The SMILES string of the molecule is [2H]c1c([2H])c([2H])c(CCCC(=O)O)c([2H])c1[2H]. The Bertz CT molecular complexity index is 429. The lowest BCUT2D eigenvalue weighted by Gasteiger charge is -1.97. The maximum absolute atomic E-state index is 10.3. The van der Waals surface area contributed by atoms with Crippen molar-refractivity contribution in [1.82, 2.24) is 0 Å². The quantitative estimate of drug-likeness (QED) is 0.749. The number of carboxylic acid groups (broad SMARTS) is 1. The van der Waals surface area contributed by atoms with E-state index in [4.69, 9.17) is 12.0 Å². The molecule has 0 atom stereocenters. The van der Waals surface area contributed by atoms with E-state index in [9.17, 15) is 4.79 Å². The molecule has 0 amide bonds. The fraction of sp³-hybridized carbons (Fsp3) is 0.300. The number of hydrogen-bond donors (Lipinski definition) is 1. The summed E-state index contributed by atoms with van der Waals surface area (Å²) in [6.07, 6.45) is 0.341. The van der Waals surface area contributed by atoms with Crippen molar-refractivity contribution in [2.45, 2.75) is 19.3 Å². The predicted octanol–water partition coefficient (Wildman–Crippen LogP) is 2.09. The number of aliphatic carboxylic acids is 1. The van der Waals surface area contributed by atoms with Gasteiger partial charge in [0, 0.05) is 6.42 Å². The van der Waals surface area contributed by atoms with E-state index in [1.54, 1.807) is 0 Å². The summed E-state index contributed by atoms with van der Waals surface area (Å²) in [6, 6.07) is -1.68. The second kappa shape index (κ2) is 4.54. The van der Waals surface area contributed by atoms with Crippen molar-refractivity contribution < 1.29 is 16.8 Å². The molecule has 1 aromatic rings. The zero-order valence-electron chi connectivity index (χ0n) is 11.5. The summed E-state index contributed by atoms with van der Waals surface area (Å²) in [6.45, 7) is 0. The summed E-state index contributed by atoms with van der Waals surface area (Å²) in [7, 11) is 0. The summed E-state index contributed by atoms with van der Waals surface area (Å²) in [5, 5.41) is 8.49. The summed E-state index contributed by atoms with van der Waals surface area (Å²) < 4.78 is 37.5.